The van der Waals surface area contributed by atoms with Gasteiger partial charge in [0.15, 0.2) is 0 Å². The molecule has 322 valence electrons. The Morgan fingerprint density at radius 2 is 0.794 bits per heavy atom. The van der Waals surface area contributed by atoms with Crippen molar-refractivity contribution in [3.8, 4) is 22.3 Å². The van der Waals surface area contributed by atoms with Crippen LogP contribution in [0.25, 0.3) is 43.8 Å². The first-order valence-corrected chi connectivity index (χ1v) is 23.7. The highest BCUT2D eigenvalue weighted by Gasteiger charge is 2.47. The molecule has 2 aliphatic rings. The Morgan fingerprint density at radius 3 is 1.40 bits per heavy atom. The number of anilines is 6. The van der Waals surface area contributed by atoms with Gasteiger partial charge in [0.05, 0.1) is 16.8 Å². The molecule has 0 atom stereocenters. The van der Waals surface area contributed by atoms with Gasteiger partial charge in [0.2, 0.25) is 0 Å². The predicted molar refractivity (Wildman–Crippen MR) is 286 cm³/mol. The van der Waals surface area contributed by atoms with Gasteiger partial charge in [-0.3, -0.25) is 0 Å². The van der Waals surface area contributed by atoms with Crippen molar-refractivity contribution < 1.29 is 0 Å². The van der Waals surface area contributed by atoms with Crippen molar-refractivity contribution in [3.63, 3.8) is 0 Å². The second-order valence-electron chi connectivity index (χ2n) is 18.9. The Bertz CT molecular complexity index is 3590. The average Bonchev–Trinajstić information content (AvgIpc) is 3.70. The van der Waals surface area contributed by atoms with Crippen LogP contribution in [0.1, 0.15) is 47.2 Å². The number of hydrogen-bond donors (Lipinski definition) is 0. The summed E-state index contributed by atoms with van der Waals surface area (Å²) in [6.07, 6.45) is 0. The van der Waals surface area contributed by atoms with Crippen LogP contribution in [0, 0.1) is 0 Å². The Labute approximate surface area is 398 Å². The summed E-state index contributed by atoms with van der Waals surface area (Å²) in [6, 6.07) is 94.4. The average molecular weight is 869 g/mol. The number of benzene rings is 11. The van der Waals surface area contributed by atoms with Crippen LogP contribution < -0.4 is 9.80 Å². The van der Waals surface area contributed by atoms with Gasteiger partial charge in [0.25, 0.3) is 0 Å². The molecule has 1 aliphatic heterocycles. The molecule has 13 rings (SSSR count). The van der Waals surface area contributed by atoms with E-state index in [2.05, 4.69) is 278 Å². The van der Waals surface area contributed by atoms with Crippen molar-refractivity contribution in [2.75, 3.05) is 9.80 Å². The van der Waals surface area contributed by atoms with Crippen molar-refractivity contribution in [2.24, 2.45) is 0 Å². The summed E-state index contributed by atoms with van der Waals surface area (Å²) in [6.45, 7) is 4.83. The summed E-state index contributed by atoms with van der Waals surface area (Å²) in [7, 11) is 0. The highest BCUT2D eigenvalue weighted by atomic mass is 15.2. The molecular formula is C66H48N2. The van der Waals surface area contributed by atoms with E-state index in [1.54, 1.807) is 0 Å². The maximum Gasteiger partial charge on any atom is 0.0713 e. The molecule has 0 aromatic heterocycles. The maximum atomic E-state index is 2.54. The molecule has 1 heterocycles. The van der Waals surface area contributed by atoms with Crippen LogP contribution in [-0.4, -0.2) is 0 Å². The van der Waals surface area contributed by atoms with E-state index < -0.39 is 5.41 Å². The Hall–Kier alpha value is -8.46. The topological polar surface area (TPSA) is 6.48 Å². The van der Waals surface area contributed by atoms with Gasteiger partial charge >= 0.3 is 0 Å². The number of hydrogen-bond acceptors (Lipinski definition) is 2. The maximum absolute atomic E-state index is 2.54. The molecule has 0 fully saturated rings. The molecule has 2 nitrogen and oxygen atoms in total. The van der Waals surface area contributed by atoms with E-state index >= 15 is 0 Å². The first-order chi connectivity index (χ1) is 33.5. The molecule has 0 amide bonds. The minimum atomic E-state index is -0.491. The Morgan fingerprint density at radius 1 is 0.324 bits per heavy atom. The number of rotatable bonds is 7. The van der Waals surface area contributed by atoms with E-state index in [-0.39, 0.29) is 5.41 Å². The third-order valence-corrected chi connectivity index (χ3v) is 14.9. The van der Waals surface area contributed by atoms with E-state index in [9.17, 15) is 0 Å². The normalized spacial score (nSPS) is 13.9. The lowest BCUT2D eigenvalue weighted by molar-refractivity contribution is 0.628. The number of fused-ring (bicyclic) bond motifs is 7. The molecule has 0 saturated heterocycles. The van der Waals surface area contributed by atoms with Crippen LogP contribution >= 0.6 is 0 Å². The molecular weight excluding hydrogens is 821 g/mol. The van der Waals surface area contributed by atoms with Crippen LogP contribution in [0.2, 0.25) is 0 Å². The van der Waals surface area contributed by atoms with Crippen molar-refractivity contribution in [2.45, 2.75) is 24.7 Å². The second kappa shape index (κ2) is 15.6. The summed E-state index contributed by atoms with van der Waals surface area (Å²) >= 11 is 0. The molecule has 1 aliphatic carbocycles. The zero-order chi connectivity index (χ0) is 45.4. The van der Waals surface area contributed by atoms with E-state index in [1.807, 2.05) is 0 Å². The molecule has 0 spiro atoms. The third-order valence-electron chi connectivity index (χ3n) is 14.9. The van der Waals surface area contributed by atoms with Crippen molar-refractivity contribution in [1.82, 2.24) is 0 Å². The van der Waals surface area contributed by atoms with Crippen LogP contribution in [0.5, 0.6) is 0 Å². The molecule has 0 radical (unpaired) electrons. The molecule has 11 aromatic carbocycles. The van der Waals surface area contributed by atoms with E-state index in [1.165, 1.54) is 88.6 Å². The van der Waals surface area contributed by atoms with Crippen LogP contribution in [0.3, 0.4) is 0 Å². The fourth-order valence-corrected chi connectivity index (χ4v) is 11.6. The van der Waals surface area contributed by atoms with Gasteiger partial charge in [0, 0.05) is 28.2 Å². The highest BCUT2D eigenvalue weighted by molar-refractivity contribution is 5.94. The zero-order valence-electron chi connectivity index (χ0n) is 38.1. The molecule has 0 N–H and O–H groups in total. The van der Waals surface area contributed by atoms with Crippen molar-refractivity contribution in [3.05, 3.63) is 288 Å². The van der Waals surface area contributed by atoms with E-state index in [0.29, 0.717) is 0 Å². The fourth-order valence-electron chi connectivity index (χ4n) is 11.6. The summed E-state index contributed by atoms with van der Waals surface area (Å²) in [5.74, 6) is 0. The van der Waals surface area contributed by atoms with Gasteiger partial charge < -0.3 is 9.80 Å². The molecule has 11 aromatic rings. The first kappa shape index (κ1) is 39.9. The van der Waals surface area contributed by atoms with Gasteiger partial charge in [-0.1, -0.05) is 202 Å². The number of nitrogens with zero attached hydrogens (tertiary/aromatic N) is 2. The van der Waals surface area contributed by atoms with Crippen molar-refractivity contribution >= 4 is 55.7 Å². The molecule has 0 bridgehead atoms. The standard InChI is InChI=1S/C66H48N2/c1-65(2)61-43-50(47-29-35-54(36-30-47)67(55-37-31-45-17-9-11-19-48(45)41-55)56-38-32-46-18-10-12-20-49(46)42-56)33-39-63(61)68(53-23-7-4-8-24-53)64-40-34-52(44-62(64)65)66(51-21-5-3-6-22-51)59-27-15-13-25-57(59)58-26-14-16-28-60(58)66/h3-44H,1-2H3. The lowest BCUT2D eigenvalue weighted by Crippen LogP contribution is -2.33. The van der Waals surface area contributed by atoms with Gasteiger partial charge in [-0.2, -0.15) is 0 Å². The highest BCUT2D eigenvalue weighted by Crippen LogP contribution is 2.59. The summed E-state index contributed by atoms with van der Waals surface area (Å²) in [5.41, 5.74) is 18.8. The fraction of sp³-hybridized carbons (Fsp3) is 0.0606. The van der Waals surface area contributed by atoms with E-state index in [0.717, 1.165) is 22.7 Å². The van der Waals surface area contributed by atoms with Gasteiger partial charge in [-0.15, -0.1) is 0 Å². The first-order valence-electron chi connectivity index (χ1n) is 23.7. The minimum Gasteiger partial charge on any atom is -0.310 e. The lowest BCUT2D eigenvalue weighted by Gasteiger charge is -2.43. The second-order valence-corrected chi connectivity index (χ2v) is 18.9. The van der Waals surface area contributed by atoms with Gasteiger partial charge in [-0.05, 0) is 144 Å². The zero-order valence-corrected chi connectivity index (χ0v) is 38.1. The smallest absolute Gasteiger partial charge is 0.0713 e. The molecule has 68 heavy (non-hydrogen) atoms. The van der Waals surface area contributed by atoms with E-state index in [4.69, 9.17) is 0 Å². The molecule has 2 heteroatoms. The summed E-state index contributed by atoms with van der Waals surface area (Å²) in [4.78, 5) is 4.86. The predicted octanol–water partition coefficient (Wildman–Crippen LogP) is 17.6. The van der Waals surface area contributed by atoms with Crippen LogP contribution in [0.4, 0.5) is 34.1 Å². The summed E-state index contributed by atoms with van der Waals surface area (Å²) < 4.78 is 0. The largest absolute Gasteiger partial charge is 0.310 e. The van der Waals surface area contributed by atoms with Crippen LogP contribution in [0.15, 0.2) is 255 Å². The van der Waals surface area contributed by atoms with Crippen LogP contribution in [-0.2, 0) is 10.8 Å². The van der Waals surface area contributed by atoms with Gasteiger partial charge in [0.1, 0.15) is 0 Å². The Kier molecular flexibility index (Phi) is 9.13. The molecule has 0 saturated carbocycles. The van der Waals surface area contributed by atoms with Crippen molar-refractivity contribution in [1.29, 1.82) is 0 Å². The van der Waals surface area contributed by atoms with Gasteiger partial charge in [-0.25, -0.2) is 0 Å². The third kappa shape index (κ3) is 6.11. The quantitative estimate of drug-likeness (QED) is 0.157. The molecule has 0 unspecified atom stereocenters. The summed E-state index contributed by atoms with van der Waals surface area (Å²) in [5, 5.41) is 4.90. The monoisotopic (exact) mass is 868 g/mol. The SMILES string of the molecule is CC1(C)c2cc(-c3ccc(N(c4ccc5ccccc5c4)c4ccc5ccccc5c4)cc3)ccc2N(c2ccccc2)c2ccc(C3(c4ccccc4)c4ccccc4-c4ccccc43)cc21. The minimum absolute atomic E-state index is 0.347. The Balaban J connectivity index is 0.951. The number of para-hydroxylation sites is 1. The lowest BCUT2D eigenvalue weighted by atomic mass is 9.65.